The Hall–Kier alpha value is -1.26. The molecule has 29 heavy (non-hydrogen) atoms. The molecule has 0 amide bonds. The van der Waals surface area contributed by atoms with Crippen LogP contribution in [0.5, 0.6) is 11.5 Å². The molecule has 0 spiro atoms. The lowest BCUT2D eigenvalue weighted by Crippen LogP contribution is -2.40. The molecule has 2 atom stereocenters. The minimum Gasteiger partial charge on any atom is -0.454 e. The fourth-order valence-electron chi connectivity index (χ4n) is 4.20. The molecule has 2 heterocycles. The standard InChI is InChI=1S/C24H28Cl2O3/c1-13-7-19(17(25)9-15(13)21-23(3,4)11-27-21)29-20-8-14(2)16(10-18(20)26)22-24(5,6)12-28-22/h7-10,21-22H,11-12H2,1-6H3. The molecule has 0 saturated carbocycles. The van der Waals surface area contributed by atoms with Gasteiger partial charge in [-0.15, -0.1) is 0 Å². The van der Waals surface area contributed by atoms with Crippen LogP contribution in [-0.4, -0.2) is 13.2 Å². The summed E-state index contributed by atoms with van der Waals surface area (Å²) in [4.78, 5) is 0. The Morgan fingerprint density at radius 3 is 1.41 bits per heavy atom. The summed E-state index contributed by atoms with van der Waals surface area (Å²) in [6.07, 6.45) is 0.120. The first-order chi connectivity index (χ1) is 13.5. The summed E-state index contributed by atoms with van der Waals surface area (Å²) < 4.78 is 17.7. The van der Waals surface area contributed by atoms with Crippen molar-refractivity contribution in [1.82, 2.24) is 0 Å². The van der Waals surface area contributed by atoms with Crippen LogP contribution < -0.4 is 4.74 Å². The van der Waals surface area contributed by atoms with Gasteiger partial charge in [0.25, 0.3) is 0 Å². The Morgan fingerprint density at radius 1 is 0.759 bits per heavy atom. The van der Waals surface area contributed by atoms with E-state index in [1.165, 1.54) is 0 Å². The van der Waals surface area contributed by atoms with Gasteiger partial charge in [0.15, 0.2) is 0 Å². The summed E-state index contributed by atoms with van der Waals surface area (Å²) >= 11 is 13.1. The van der Waals surface area contributed by atoms with E-state index in [-0.39, 0.29) is 23.0 Å². The molecule has 2 aliphatic heterocycles. The number of rotatable bonds is 4. The molecule has 0 radical (unpaired) electrons. The van der Waals surface area contributed by atoms with Gasteiger partial charge < -0.3 is 14.2 Å². The molecule has 5 heteroatoms. The van der Waals surface area contributed by atoms with Crippen molar-refractivity contribution < 1.29 is 14.2 Å². The van der Waals surface area contributed by atoms with E-state index in [9.17, 15) is 0 Å². The van der Waals surface area contributed by atoms with Crippen molar-refractivity contribution in [2.75, 3.05) is 13.2 Å². The van der Waals surface area contributed by atoms with Crippen molar-refractivity contribution in [1.29, 1.82) is 0 Å². The normalized spacial score (nSPS) is 24.6. The van der Waals surface area contributed by atoms with E-state index in [0.29, 0.717) is 21.5 Å². The van der Waals surface area contributed by atoms with E-state index >= 15 is 0 Å². The first-order valence-corrected chi connectivity index (χ1v) is 10.8. The maximum Gasteiger partial charge on any atom is 0.146 e. The van der Waals surface area contributed by atoms with Gasteiger partial charge in [-0.2, -0.15) is 0 Å². The van der Waals surface area contributed by atoms with Crippen LogP contribution in [-0.2, 0) is 9.47 Å². The quantitative estimate of drug-likeness (QED) is 0.495. The maximum atomic E-state index is 6.57. The van der Waals surface area contributed by atoms with Gasteiger partial charge in [0.1, 0.15) is 11.5 Å². The van der Waals surface area contributed by atoms with Crippen molar-refractivity contribution in [3.05, 3.63) is 56.6 Å². The second-order valence-electron chi connectivity index (χ2n) is 9.74. The van der Waals surface area contributed by atoms with Gasteiger partial charge in [-0.25, -0.2) is 0 Å². The lowest BCUT2D eigenvalue weighted by molar-refractivity contribution is -0.172. The summed E-state index contributed by atoms with van der Waals surface area (Å²) in [5.41, 5.74) is 4.64. The van der Waals surface area contributed by atoms with Crippen molar-refractivity contribution in [3.8, 4) is 11.5 Å². The molecule has 2 aromatic rings. The predicted molar refractivity (Wildman–Crippen MR) is 117 cm³/mol. The lowest BCUT2D eigenvalue weighted by atomic mass is 9.77. The molecule has 3 nitrogen and oxygen atoms in total. The van der Waals surface area contributed by atoms with E-state index in [1.807, 2.05) is 24.3 Å². The third-order valence-corrected chi connectivity index (χ3v) is 6.68. The summed E-state index contributed by atoms with van der Waals surface area (Å²) in [6.45, 7) is 14.5. The fourth-order valence-corrected chi connectivity index (χ4v) is 4.62. The zero-order chi connectivity index (χ0) is 21.1. The Labute approximate surface area is 183 Å². The average Bonchev–Trinajstić information content (AvgIpc) is 2.61. The van der Waals surface area contributed by atoms with Crippen molar-refractivity contribution in [2.45, 2.75) is 53.8 Å². The molecule has 2 unspecified atom stereocenters. The van der Waals surface area contributed by atoms with E-state index in [0.717, 1.165) is 35.5 Å². The zero-order valence-corrected chi connectivity index (χ0v) is 19.4. The number of halogens is 2. The lowest BCUT2D eigenvalue weighted by Gasteiger charge is -2.45. The van der Waals surface area contributed by atoms with E-state index in [4.69, 9.17) is 37.4 Å². The average molecular weight is 435 g/mol. The second-order valence-corrected chi connectivity index (χ2v) is 10.6. The predicted octanol–water partition coefficient (Wildman–Crippen LogP) is 7.60. The smallest absolute Gasteiger partial charge is 0.146 e. The van der Waals surface area contributed by atoms with Crippen LogP contribution in [0.3, 0.4) is 0 Å². The molecule has 0 aliphatic carbocycles. The second kappa shape index (κ2) is 7.16. The van der Waals surface area contributed by atoms with Crippen LogP contribution in [0.2, 0.25) is 10.0 Å². The van der Waals surface area contributed by atoms with Gasteiger partial charge >= 0.3 is 0 Å². The van der Waals surface area contributed by atoms with Crippen molar-refractivity contribution in [3.63, 3.8) is 0 Å². The Bertz CT molecular complexity index is 888. The molecule has 2 aliphatic rings. The van der Waals surface area contributed by atoms with Gasteiger partial charge in [0.05, 0.1) is 35.5 Å². The topological polar surface area (TPSA) is 27.7 Å². The minimum atomic E-state index is 0.0602. The SMILES string of the molecule is Cc1cc(Oc2cc(C)c(C3OCC3(C)C)cc2Cl)c(Cl)cc1C1OCC1(C)C. The molecule has 0 bridgehead atoms. The Balaban J connectivity index is 1.61. The van der Waals surface area contributed by atoms with Crippen LogP contribution >= 0.6 is 23.2 Å². The highest BCUT2D eigenvalue weighted by Crippen LogP contribution is 2.50. The molecule has 2 aromatic carbocycles. The van der Waals surface area contributed by atoms with Crippen LogP contribution in [0.15, 0.2) is 24.3 Å². The minimum absolute atomic E-state index is 0.0602. The number of hydrogen-bond acceptors (Lipinski definition) is 3. The van der Waals surface area contributed by atoms with Crippen LogP contribution in [0, 0.1) is 24.7 Å². The van der Waals surface area contributed by atoms with Gasteiger partial charge in [-0.05, 0) is 60.4 Å². The molecule has 2 saturated heterocycles. The van der Waals surface area contributed by atoms with Crippen LogP contribution in [0.4, 0.5) is 0 Å². The Morgan fingerprint density at radius 2 is 1.14 bits per heavy atom. The van der Waals surface area contributed by atoms with E-state index in [2.05, 4.69) is 41.5 Å². The molecular weight excluding hydrogens is 407 g/mol. The van der Waals surface area contributed by atoms with Gasteiger partial charge in [-0.1, -0.05) is 50.9 Å². The van der Waals surface area contributed by atoms with Crippen molar-refractivity contribution >= 4 is 23.2 Å². The molecule has 4 rings (SSSR count). The summed E-state index contributed by atoms with van der Waals surface area (Å²) in [6, 6.07) is 7.84. The van der Waals surface area contributed by atoms with E-state index < -0.39 is 0 Å². The number of benzene rings is 2. The molecule has 0 aromatic heterocycles. The van der Waals surface area contributed by atoms with Crippen LogP contribution in [0.25, 0.3) is 0 Å². The van der Waals surface area contributed by atoms with Gasteiger partial charge in [0, 0.05) is 10.8 Å². The first kappa shape index (κ1) is 21.0. The highest BCUT2D eigenvalue weighted by molar-refractivity contribution is 6.33. The summed E-state index contributed by atoms with van der Waals surface area (Å²) in [5, 5.41) is 1.11. The molecule has 156 valence electrons. The largest absolute Gasteiger partial charge is 0.454 e. The number of hydrogen-bond donors (Lipinski definition) is 0. The third-order valence-electron chi connectivity index (χ3n) is 6.09. The number of aryl methyl sites for hydroxylation is 2. The monoisotopic (exact) mass is 434 g/mol. The summed E-state index contributed by atoms with van der Waals surface area (Å²) in [5.74, 6) is 1.19. The zero-order valence-electron chi connectivity index (χ0n) is 17.9. The Kier molecular flexibility index (Phi) is 5.18. The fraction of sp³-hybridized carbons (Fsp3) is 0.500. The molecule has 0 N–H and O–H groups in total. The number of ether oxygens (including phenoxy) is 3. The van der Waals surface area contributed by atoms with Gasteiger partial charge in [0.2, 0.25) is 0 Å². The van der Waals surface area contributed by atoms with Gasteiger partial charge in [-0.3, -0.25) is 0 Å². The first-order valence-electron chi connectivity index (χ1n) is 10.0. The molecule has 2 fully saturated rings. The highest BCUT2D eigenvalue weighted by atomic mass is 35.5. The van der Waals surface area contributed by atoms with Crippen LogP contribution in [0.1, 0.15) is 62.2 Å². The highest BCUT2D eigenvalue weighted by Gasteiger charge is 2.43. The van der Waals surface area contributed by atoms with E-state index in [1.54, 1.807) is 0 Å². The maximum absolute atomic E-state index is 6.57. The van der Waals surface area contributed by atoms with Crippen molar-refractivity contribution in [2.24, 2.45) is 10.8 Å². The summed E-state index contributed by atoms with van der Waals surface area (Å²) in [7, 11) is 0. The molecular formula is C24H28Cl2O3. The third kappa shape index (κ3) is 3.67.